The van der Waals surface area contributed by atoms with Crippen LogP contribution < -0.4 is 4.90 Å². The van der Waals surface area contributed by atoms with E-state index >= 15 is 0 Å². The van der Waals surface area contributed by atoms with Gasteiger partial charge in [0, 0.05) is 68.8 Å². The van der Waals surface area contributed by atoms with Crippen molar-refractivity contribution >= 4 is 29.6 Å². The first-order valence-corrected chi connectivity index (χ1v) is 15.9. The summed E-state index contributed by atoms with van der Waals surface area (Å²) in [5.41, 5.74) is 5.04. The first-order chi connectivity index (χ1) is 21.2. The number of aromatic nitrogens is 2. The predicted molar refractivity (Wildman–Crippen MR) is 174 cm³/mol. The number of rotatable bonds is 9. The van der Waals surface area contributed by atoms with Gasteiger partial charge >= 0.3 is 0 Å². The van der Waals surface area contributed by atoms with Crippen molar-refractivity contribution in [3.05, 3.63) is 114 Å². The molecule has 0 aliphatic carbocycles. The van der Waals surface area contributed by atoms with E-state index in [0.29, 0.717) is 32.1 Å². The first kappa shape index (κ1) is 29.1. The van der Waals surface area contributed by atoms with Crippen LogP contribution in [0.25, 0.3) is 17.3 Å². The fourth-order valence-electron chi connectivity index (χ4n) is 5.35. The minimum atomic E-state index is 0.0643. The number of benzene rings is 3. The molecule has 0 atom stereocenters. The number of ether oxygens (including phenoxy) is 1. The number of carbonyl (C=O) groups excluding carboxylic acids is 1. The number of anilines is 1. The molecule has 7 nitrogen and oxygen atoms in total. The molecule has 1 amide bonds. The van der Waals surface area contributed by atoms with Crippen LogP contribution in [0.3, 0.4) is 0 Å². The first-order valence-electron chi connectivity index (χ1n) is 14.9. The Bertz CT molecular complexity index is 1520. The maximum atomic E-state index is 13.0. The third-order valence-corrected chi connectivity index (χ3v) is 8.69. The molecule has 8 heteroatoms. The average Bonchev–Trinajstić information content (AvgIpc) is 3.08. The molecule has 3 heterocycles. The van der Waals surface area contributed by atoms with Gasteiger partial charge in [0.05, 0.1) is 18.9 Å². The summed E-state index contributed by atoms with van der Waals surface area (Å²) in [5, 5.41) is 0.745. The molecular weight excluding hydrogens is 554 g/mol. The van der Waals surface area contributed by atoms with E-state index in [0.717, 1.165) is 66.1 Å². The Morgan fingerprint density at radius 3 is 2.33 bits per heavy atom. The Balaban J connectivity index is 1.13. The van der Waals surface area contributed by atoms with Crippen LogP contribution in [0.15, 0.2) is 102 Å². The van der Waals surface area contributed by atoms with Gasteiger partial charge in [0.2, 0.25) is 0 Å². The average molecular weight is 592 g/mol. The van der Waals surface area contributed by atoms with Crippen LogP contribution in [-0.4, -0.2) is 84.7 Å². The van der Waals surface area contributed by atoms with E-state index in [1.165, 1.54) is 5.56 Å². The summed E-state index contributed by atoms with van der Waals surface area (Å²) in [6.45, 7) is 7.21. The number of morpholine rings is 1. The molecule has 0 bridgehead atoms. The molecule has 220 valence electrons. The molecule has 43 heavy (non-hydrogen) atoms. The summed E-state index contributed by atoms with van der Waals surface area (Å²) in [5.74, 6) is 1.71. The number of hydrogen-bond donors (Lipinski definition) is 0. The Morgan fingerprint density at radius 1 is 0.814 bits per heavy atom. The van der Waals surface area contributed by atoms with E-state index in [-0.39, 0.29) is 5.91 Å². The van der Waals surface area contributed by atoms with Crippen molar-refractivity contribution in [1.29, 1.82) is 0 Å². The van der Waals surface area contributed by atoms with Gasteiger partial charge in [-0.25, -0.2) is 9.97 Å². The second-order valence-corrected chi connectivity index (χ2v) is 11.7. The lowest BCUT2D eigenvalue weighted by atomic mass is 10.1. The van der Waals surface area contributed by atoms with Crippen molar-refractivity contribution in [2.24, 2.45) is 0 Å². The standard InChI is InChI=1S/C35H37N5O2S/c41-34(40-21-23-42-24-22-40)31-15-7-11-29(25-31)27-43-35-36-32(30-13-5-2-6-14-30)26-33(37-35)39-19-17-38(18-20-39)16-8-12-28-9-3-1-4-10-28/h1-15,25-26H,16-24,27H2/b12-8+. The van der Waals surface area contributed by atoms with Crippen molar-refractivity contribution in [2.75, 3.05) is 63.9 Å². The van der Waals surface area contributed by atoms with Crippen molar-refractivity contribution in [1.82, 2.24) is 19.8 Å². The van der Waals surface area contributed by atoms with Gasteiger partial charge in [0.1, 0.15) is 5.82 Å². The number of hydrogen-bond acceptors (Lipinski definition) is 7. The lowest BCUT2D eigenvalue weighted by Gasteiger charge is -2.35. The molecule has 0 radical (unpaired) electrons. The highest BCUT2D eigenvalue weighted by Gasteiger charge is 2.21. The minimum absolute atomic E-state index is 0.0643. The van der Waals surface area contributed by atoms with Crippen LogP contribution in [0.4, 0.5) is 5.82 Å². The van der Waals surface area contributed by atoms with Gasteiger partial charge in [-0.2, -0.15) is 0 Å². The van der Waals surface area contributed by atoms with Crippen LogP contribution >= 0.6 is 11.8 Å². The number of carbonyl (C=O) groups is 1. The van der Waals surface area contributed by atoms with Crippen LogP contribution in [-0.2, 0) is 10.5 Å². The molecule has 1 aromatic heterocycles. The quantitative estimate of drug-likeness (QED) is 0.182. The van der Waals surface area contributed by atoms with E-state index in [9.17, 15) is 4.79 Å². The van der Waals surface area contributed by atoms with Gasteiger partial charge in [0.25, 0.3) is 5.91 Å². The molecule has 4 aromatic rings. The van der Waals surface area contributed by atoms with E-state index in [1.54, 1.807) is 11.8 Å². The fourth-order valence-corrected chi connectivity index (χ4v) is 6.15. The minimum Gasteiger partial charge on any atom is -0.378 e. The SMILES string of the molecule is O=C(c1cccc(CSc2nc(-c3ccccc3)cc(N3CCN(C/C=C/c4ccccc4)CC3)n2)c1)N1CCOCC1. The zero-order chi connectivity index (χ0) is 29.3. The Kier molecular flexibility index (Phi) is 9.79. The maximum Gasteiger partial charge on any atom is 0.254 e. The van der Waals surface area contributed by atoms with Gasteiger partial charge in [-0.3, -0.25) is 9.69 Å². The fraction of sp³-hybridized carbons (Fsp3) is 0.286. The van der Waals surface area contributed by atoms with E-state index in [1.807, 2.05) is 47.4 Å². The summed E-state index contributed by atoms with van der Waals surface area (Å²) in [4.78, 5) is 29.7. The lowest BCUT2D eigenvalue weighted by molar-refractivity contribution is 0.0303. The van der Waals surface area contributed by atoms with Crippen molar-refractivity contribution in [3.8, 4) is 11.3 Å². The normalized spacial score (nSPS) is 16.1. The molecule has 3 aromatic carbocycles. The monoisotopic (exact) mass is 591 g/mol. The van der Waals surface area contributed by atoms with Crippen molar-refractivity contribution in [2.45, 2.75) is 10.9 Å². The highest BCUT2D eigenvalue weighted by atomic mass is 32.2. The highest BCUT2D eigenvalue weighted by molar-refractivity contribution is 7.98. The lowest BCUT2D eigenvalue weighted by Crippen LogP contribution is -2.46. The predicted octanol–water partition coefficient (Wildman–Crippen LogP) is 5.74. The number of nitrogens with zero attached hydrogens (tertiary/aromatic N) is 5. The third-order valence-electron chi connectivity index (χ3n) is 7.77. The number of piperazine rings is 1. The smallest absolute Gasteiger partial charge is 0.254 e. The largest absolute Gasteiger partial charge is 0.378 e. The Labute approximate surface area is 258 Å². The Morgan fingerprint density at radius 2 is 1.56 bits per heavy atom. The molecular formula is C35H37N5O2S. The highest BCUT2D eigenvalue weighted by Crippen LogP contribution is 2.28. The molecule has 2 fully saturated rings. The van der Waals surface area contributed by atoms with Crippen molar-refractivity contribution in [3.63, 3.8) is 0 Å². The van der Waals surface area contributed by atoms with Crippen LogP contribution in [0.2, 0.25) is 0 Å². The third kappa shape index (κ3) is 7.90. The van der Waals surface area contributed by atoms with Gasteiger partial charge in [-0.1, -0.05) is 96.7 Å². The molecule has 6 rings (SSSR count). The van der Waals surface area contributed by atoms with Gasteiger partial charge in [-0.15, -0.1) is 0 Å². The van der Waals surface area contributed by atoms with Crippen LogP contribution in [0, 0.1) is 0 Å². The van der Waals surface area contributed by atoms with Crippen LogP contribution in [0.1, 0.15) is 21.5 Å². The van der Waals surface area contributed by atoms with Crippen LogP contribution in [0.5, 0.6) is 0 Å². The van der Waals surface area contributed by atoms with Gasteiger partial charge in [-0.05, 0) is 23.3 Å². The maximum absolute atomic E-state index is 13.0. The molecule has 2 aliphatic rings. The molecule has 2 saturated heterocycles. The van der Waals surface area contributed by atoms with E-state index < -0.39 is 0 Å². The zero-order valence-corrected chi connectivity index (χ0v) is 25.2. The molecule has 2 aliphatic heterocycles. The van der Waals surface area contributed by atoms with Gasteiger partial charge < -0.3 is 14.5 Å². The van der Waals surface area contributed by atoms with Gasteiger partial charge in [0.15, 0.2) is 5.16 Å². The zero-order valence-electron chi connectivity index (χ0n) is 24.3. The second-order valence-electron chi connectivity index (χ2n) is 10.8. The van der Waals surface area contributed by atoms with E-state index in [4.69, 9.17) is 14.7 Å². The summed E-state index contributed by atoms with van der Waals surface area (Å²) in [6.07, 6.45) is 4.45. The topological polar surface area (TPSA) is 61.8 Å². The summed E-state index contributed by atoms with van der Waals surface area (Å²) in [7, 11) is 0. The summed E-state index contributed by atoms with van der Waals surface area (Å²) in [6, 6.07) is 30.8. The summed E-state index contributed by atoms with van der Waals surface area (Å²) >= 11 is 1.61. The number of thioether (sulfide) groups is 1. The molecule has 0 N–H and O–H groups in total. The van der Waals surface area contributed by atoms with E-state index in [2.05, 4.69) is 70.5 Å². The van der Waals surface area contributed by atoms with Crippen molar-refractivity contribution < 1.29 is 9.53 Å². The second kappa shape index (κ2) is 14.5. The summed E-state index contributed by atoms with van der Waals surface area (Å²) < 4.78 is 5.41. The molecule has 0 spiro atoms. The molecule has 0 unspecified atom stereocenters. The molecule has 0 saturated carbocycles. The Hall–Kier alpha value is -3.98. The number of amides is 1.